The minimum absolute atomic E-state index is 0.236. The highest BCUT2D eigenvalue weighted by molar-refractivity contribution is 5.95. The van der Waals surface area contributed by atoms with Crippen LogP contribution in [0.4, 0.5) is 0 Å². The van der Waals surface area contributed by atoms with Crippen molar-refractivity contribution in [2.24, 2.45) is 10.7 Å². The van der Waals surface area contributed by atoms with E-state index >= 15 is 0 Å². The van der Waals surface area contributed by atoms with Gasteiger partial charge in [-0.1, -0.05) is 42.5 Å². The number of carbonyl (C=O) groups excluding carboxylic acids is 1. The Labute approximate surface area is 118 Å². The van der Waals surface area contributed by atoms with Gasteiger partial charge in [-0.3, -0.25) is 4.79 Å². The number of fused-ring (bicyclic) bond motifs is 1. The van der Waals surface area contributed by atoms with Crippen LogP contribution in [0.2, 0.25) is 0 Å². The average Bonchev–Trinajstić information content (AvgIpc) is 2.43. The molecule has 4 nitrogen and oxygen atoms in total. The van der Waals surface area contributed by atoms with Crippen LogP contribution < -0.4 is 11.1 Å². The molecular formula is C16H19N3O. The van der Waals surface area contributed by atoms with E-state index in [1.165, 1.54) is 10.8 Å². The molecule has 2 aromatic carbocycles. The van der Waals surface area contributed by atoms with Gasteiger partial charge in [-0.25, -0.2) is 0 Å². The third kappa shape index (κ3) is 3.42. The van der Waals surface area contributed by atoms with E-state index in [0.717, 1.165) is 5.56 Å². The van der Waals surface area contributed by atoms with Crippen molar-refractivity contribution in [3.05, 3.63) is 48.0 Å². The molecule has 0 aliphatic carbocycles. The van der Waals surface area contributed by atoms with Crippen molar-refractivity contribution in [1.29, 1.82) is 0 Å². The van der Waals surface area contributed by atoms with Gasteiger partial charge >= 0.3 is 0 Å². The Hall–Kier alpha value is -2.20. The van der Waals surface area contributed by atoms with E-state index in [1.807, 2.05) is 18.2 Å². The third-order valence-electron chi connectivity index (χ3n) is 3.19. The first-order chi connectivity index (χ1) is 9.60. The highest BCUT2D eigenvalue weighted by Crippen LogP contribution is 2.16. The lowest BCUT2D eigenvalue weighted by Crippen LogP contribution is -2.35. The first kappa shape index (κ1) is 14.2. The lowest BCUT2D eigenvalue weighted by molar-refractivity contribution is -0.119. The lowest BCUT2D eigenvalue weighted by atomic mass is 10.0. The van der Waals surface area contributed by atoms with E-state index < -0.39 is 0 Å². The second kappa shape index (κ2) is 6.30. The Balaban J connectivity index is 2.21. The largest absolute Gasteiger partial charge is 0.387 e. The molecule has 0 saturated carbocycles. The molecule has 0 bridgehead atoms. The Kier molecular flexibility index (Phi) is 4.48. The maximum absolute atomic E-state index is 11.9. The summed E-state index contributed by atoms with van der Waals surface area (Å²) in [6.45, 7) is 1.61. The van der Waals surface area contributed by atoms with Gasteiger partial charge in [0.05, 0.1) is 11.9 Å². The maximum atomic E-state index is 11.9. The van der Waals surface area contributed by atoms with Crippen LogP contribution in [0, 0.1) is 0 Å². The van der Waals surface area contributed by atoms with Crippen LogP contribution in [0.3, 0.4) is 0 Å². The van der Waals surface area contributed by atoms with Crippen molar-refractivity contribution in [3.8, 4) is 0 Å². The molecule has 1 atom stereocenters. The van der Waals surface area contributed by atoms with E-state index in [2.05, 4.69) is 34.6 Å². The van der Waals surface area contributed by atoms with Gasteiger partial charge in [0.2, 0.25) is 0 Å². The van der Waals surface area contributed by atoms with Crippen LogP contribution in [0.1, 0.15) is 12.5 Å². The quantitative estimate of drug-likeness (QED) is 0.658. The predicted octanol–water partition coefficient (Wildman–Crippen LogP) is 1.87. The summed E-state index contributed by atoms with van der Waals surface area (Å²) in [6.07, 6.45) is 0.594. The number of carbonyl (C=O) groups is 1. The zero-order valence-electron chi connectivity index (χ0n) is 11.8. The standard InChI is InChI=1S/C16H19N3O/c1-11(17)19-16(20)15(18-2)10-12-7-8-13-5-3-4-6-14(13)9-12/h3-9,15,18H,10H2,1-2H3,(H2,17,19,20)/t15-/m1/s1. The molecule has 0 heterocycles. The minimum Gasteiger partial charge on any atom is -0.387 e. The zero-order valence-corrected chi connectivity index (χ0v) is 11.8. The Morgan fingerprint density at radius 2 is 1.95 bits per heavy atom. The summed E-state index contributed by atoms with van der Waals surface area (Å²) in [5.74, 6) is 0.0504. The van der Waals surface area contributed by atoms with Crippen LogP contribution in [-0.2, 0) is 11.2 Å². The fraction of sp³-hybridized carbons (Fsp3) is 0.250. The smallest absolute Gasteiger partial charge is 0.264 e. The molecule has 3 N–H and O–H groups in total. The number of hydrogen-bond donors (Lipinski definition) is 2. The van der Waals surface area contributed by atoms with Gasteiger partial charge in [0, 0.05) is 0 Å². The number of hydrogen-bond acceptors (Lipinski definition) is 2. The highest BCUT2D eigenvalue weighted by Gasteiger charge is 2.16. The number of likely N-dealkylation sites (N-methyl/N-ethyl adjacent to an activating group) is 1. The number of nitrogens with two attached hydrogens (primary N) is 1. The number of benzene rings is 2. The predicted molar refractivity (Wildman–Crippen MR) is 82.8 cm³/mol. The van der Waals surface area contributed by atoms with Crippen molar-refractivity contribution in [2.75, 3.05) is 7.05 Å². The Bertz CT molecular complexity index is 645. The molecule has 2 rings (SSSR count). The van der Waals surface area contributed by atoms with E-state index in [4.69, 9.17) is 5.73 Å². The number of rotatable bonds is 4. The summed E-state index contributed by atoms with van der Waals surface area (Å²) in [7, 11) is 1.75. The Morgan fingerprint density at radius 1 is 1.25 bits per heavy atom. The van der Waals surface area contributed by atoms with Crippen LogP contribution >= 0.6 is 0 Å². The first-order valence-corrected chi connectivity index (χ1v) is 6.59. The molecule has 0 aromatic heterocycles. The van der Waals surface area contributed by atoms with Gasteiger partial charge in [0.1, 0.15) is 0 Å². The van der Waals surface area contributed by atoms with Crippen LogP contribution in [0.15, 0.2) is 47.5 Å². The molecule has 20 heavy (non-hydrogen) atoms. The van der Waals surface area contributed by atoms with Crippen molar-refractivity contribution < 1.29 is 4.79 Å². The molecule has 0 spiro atoms. The second-order valence-corrected chi connectivity index (χ2v) is 4.82. The Morgan fingerprint density at radius 3 is 2.60 bits per heavy atom. The molecule has 0 saturated heterocycles. The summed E-state index contributed by atoms with van der Waals surface area (Å²) < 4.78 is 0. The normalized spacial score (nSPS) is 13.4. The number of amides is 1. The first-order valence-electron chi connectivity index (χ1n) is 6.59. The fourth-order valence-corrected chi connectivity index (χ4v) is 2.17. The molecular weight excluding hydrogens is 250 g/mol. The maximum Gasteiger partial charge on any atom is 0.264 e. The number of aliphatic imine (C=N–C) groups is 1. The molecule has 0 unspecified atom stereocenters. The van der Waals surface area contributed by atoms with Crippen LogP contribution in [-0.4, -0.2) is 24.8 Å². The van der Waals surface area contributed by atoms with Gasteiger partial charge in [-0.05, 0) is 36.7 Å². The average molecular weight is 269 g/mol. The molecule has 0 aliphatic rings. The highest BCUT2D eigenvalue weighted by atomic mass is 16.1. The van der Waals surface area contributed by atoms with E-state index in [0.29, 0.717) is 6.42 Å². The summed E-state index contributed by atoms with van der Waals surface area (Å²) >= 11 is 0. The van der Waals surface area contributed by atoms with Gasteiger partial charge in [0.15, 0.2) is 0 Å². The molecule has 0 radical (unpaired) electrons. The van der Waals surface area contributed by atoms with Crippen molar-refractivity contribution in [3.63, 3.8) is 0 Å². The third-order valence-corrected chi connectivity index (χ3v) is 3.19. The molecule has 104 valence electrons. The van der Waals surface area contributed by atoms with Crippen molar-refractivity contribution in [2.45, 2.75) is 19.4 Å². The minimum atomic E-state index is -0.352. The fourth-order valence-electron chi connectivity index (χ4n) is 2.17. The lowest BCUT2D eigenvalue weighted by Gasteiger charge is -2.13. The molecule has 1 amide bonds. The van der Waals surface area contributed by atoms with E-state index in [-0.39, 0.29) is 17.8 Å². The van der Waals surface area contributed by atoms with Gasteiger partial charge in [-0.2, -0.15) is 4.99 Å². The zero-order chi connectivity index (χ0) is 14.5. The number of nitrogens with one attached hydrogen (secondary N) is 1. The molecule has 2 aromatic rings. The van der Waals surface area contributed by atoms with Gasteiger partial charge in [-0.15, -0.1) is 0 Å². The van der Waals surface area contributed by atoms with Gasteiger partial charge in [0.25, 0.3) is 5.91 Å². The number of amidine groups is 1. The number of nitrogens with zero attached hydrogens (tertiary/aromatic N) is 1. The monoisotopic (exact) mass is 269 g/mol. The van der Waals surface area contributed by atoms with Crippen LogP contribution in [0.25, 0.3) is 10.8 Å². The SMILES string of the molecule is CN[C@H](Cc1ccc2ccccc2c1)C(=O)N=C(C)N. The van der Waals surface area contributed by atoms with E-state index in [9.17, 15) is 4.79 Å². The molecule has 0 aliphatic heterocycles. The molecule has 0 fully saturated rings. The second-order valence-electron chi connectivity index (χ2n) is 4.82. The van der Waals surface area contributed by atoms with Crippen molar-refractivity contribution >= 4 is 22.5 Å². The summed E-state index contributed by atoms with van der Waals surface area (Å²) in [4.78, 5) is 15.7. The van der Waals surface area contributed by atoms with E-state index in [1.54, 1.807) is 14.0 Å². The summed E-state index contributed by atoms with van der Waals surface area (Å²) in [5.41, 5.74) is 6.55. The summed E-state index contributed by atoms with van der Waals surface area (Å²) in [6, 6.07) is 14.0. The van der Waals surface area contributed by atoms with Gasteiger partial charge < -0.3 is 11.1 Å². The topological polar surface area (TPSA) is 67.5 Å². The van der Waals surface area contributed by atoms with Crippen LogP contribution in [0.5, 0.6) is 0 Å². The molecule has 4 heteroatoms. The summed E-state index contributed by atoms with van der Waals surface area (Å²) in [5, 5.41) is 5.36. The van der Waals surface area contributed by atoms with Crippen molar-refractivity contribution in [1.82, 2.24) is 5.32 Å².